The molecule has 0 aliphatic rings. The molecule has 0 aromatic heterocycles. The molecule has 2 N–H and O–H groups in total. The molecule has 0 unspecified atom stereocenters. The lowest BCUT2D eigenvalue weighted by molar-refractivity contribution is 0.151. The lowest BCUT2D eigenvalue weighted by atomic mass is 10.1. The van der Waals surface area contributed by atoms with Crippen LogP contribution in [0.3, 0.4) is 0 Å². The van der Waals surface area contributed by atoms with E-state index in [0.29, 0.717) is 13.0 Å². The Labute approximate surface area is 70.2 Å². The zero-order chi connectivity index (χ0) is 8.97. The van der Waals surface area contributed by atoms with Crippen LogP contribution in [0.15, 0.2) is 24.3 Å². The van der Waals surface area contributed by atoms with Crippen molar-refractivity contribution in [3.63, 3.8) is 0 Å². The van der Waals surface area contributed by atoms with Gasteiger partial charge in [0.15, 0.2) is 0 Å². The third-order valence-electron chi connectivity index (χ3n) is 1.64. The molecule has 66 valence electrons. The maximum atomic E-state index is 12.2. The van der Waals surface area contributed by atoms with E-state index >= 15 is 0 Å². The quantitative estimate of drug-likeness (QED) is 0.740. The maximum Gasteiger partial charge on any atom is 0.263 e. The molecule has 12 heavy (non-hydrogen) atoms. The van der Waals surface area contributed by atoms with Crippen LogP contribution in [0.25, 0.3) is 0 Å². The van der Waals surface area contributed by atoms with Crippen molar-refractivity contribution in [3.8, 4) is 0 Å². The maximum absolute atomic E-state index is 12.2. The first kappa shape index (κ1) is 9.13. The third-order valence-corrected chi connectivity index (χ3v) is 1.64. The van der Waals surface area contributed by atoms with Crippen LogP contribution in [0, 0.1) is 0 Å². The molecular formula is C9H11F2N. The van der Waals surface area contributed by atoms with Crippen LogP contribution in [0.1, 0.15) is 17.6 Å². The predicted molar refractivity (Wildman–Crippen MR) is 44.2 cm³/mol. The molecule has 0 atom stereocenters. The van der Waals surface area contributed by atoms with Crippen molar-refractivity contribution < 1.29 is 8.78 Å². The second-order valence-corrected chi connectivity index (χ2v) is 2.58. The first-order chi connectivity index (χ1) is 5.74. The van der Waals surface area contributed by atoms with Crippen LogP contribution in [0.4, 0.5) is 8.78 Å². The van der Waals surface area contributed by atoms with Crippen molar-refractivity contribution in [2.75, 3.05) is 6.54 Å². The zero-order valence-electron chi connectivity index (χ0n) is 6.63. The molecule has 0 saturated carbocycles. The highest BCUT2D eigenvalue weighted by Gasteiger charge is 2.05. The Bertz CT molecular complexity index is 248. The Morgan fingerprint density at radius 1 is 1.33 bits per heavy atom. The molecular weight excluding hydrogens is 160 g/mol. The van der Waals surface area contributed by atoms with E-state index in [4.69, 9.17) is 5.73 Å². The van der Waals surface area contributed by atoms with Gasteiger partial charge in [-0.2, -0.15) is 0 Å². The summed E-state index contributed by atoms with van der Waals surface area (Å²) in [4.78, 5) is 0. The van der Waals surface area contributed by atoms with Gasteiger partial charge < -0.3 is 5.73 Å². The van der Waals surface area contributed by atoms with Crippen molar-refractivity contribution >= 4 is 0 Å². The highest BCUT2D eigenvalue weighted by atomic mass is 19.3. The van der Waals surface area contributed by atoms with Crippen LogP contribution < -0.4 is 5.73 Å². The average molecular weight is 171 g/mol. The van der Waals surface area contributed by atoms with E-state index in [0.717, 1.165) is 5.56 Å². The number of nitrogens with two attached hydrogens (primary N) is 1. The highest BCUT2D eigenvalue weighted by molar-refractivity contribution is 5.24. The Morgan fingerprint density at radius 2 is 2.08 bits per heavy atom. The SMILES string of the molecule is NCCc1cccc(C(F)F)c1. The smallest absolute Gasteiger partial charge is 0.263 e. The van der Waals surface area contributed by atoms with E-state index in [1.165, 1.54) is 12.1 Å². The molecule has 0 aliphatic carbocycles. The fraction of sp³-hybridized carbons (Fsp3) is 0.333. The lowest BCUT2D eigenvalue weighted by Crippen LogP contribution is -2.02. The number of hydrogen-bond acceptors (Lipinski definition) is 1. The van der Waals surface area contributed by atoms with Gasteiger partial charge in [-0.15, -0.1) is 0 Å². The molecule has 1 aromatic carbocycles. The number of rotatable bonds is 3. The summed E-state index contributed by atoms with van der Waals surface area (Å²) in [5.41, 5.74) is 6.24. The van der Waals surface area contributed by atoms with Crippen molar-refractivity contribution in [2.45, 2.75) is 12.8 Å². The van der Waals surface area contributed by atoms with E-state index in [2.05, 4.69) is 0 Å². The summed E-state index contributed by atoms with van der Waals surface area (Å²) < 4.78 is 24.3. The third kappa shape index (κ3) is 2.27. The number of benzene rings is 1. The van der Waals surface area contributed by atoms with E-state index in [-0.39, 0.29) is 5.56 Å². The fourth-order valence-electron chi connectivity index (χ4n) is 1.05. The second kappa shape index (κ2) is 4.16. The van der Waals surface area contributed by atoms with Crippen molar-refractivity contribution in [1.29, 1.82) is 0 Å². The first-order valence-corrected chi connectivity index (χ1v) is 3.81. The predicted octanol–water partition coefficient (Wildman–Crippen LogP) is 2.13. The largest absolute Gasteiger partial charge is 0.330 e. The molecule has 0 radical (unpaired) electrons. The Kier molecular flexibility index (Phi) is 3.17. The molecule has 0 saturated heterocycles. The van der Waals surface area contributed by atoms with Gasteiger partial charge in [0.1, 0.15) is 0 Å². The Hall–Kier alpha value is -0.960. The van der Waals surface area contributed by atoms with Gasteiger partial charge in [-0.05, 0) is 18.5 Å². The first-order valence-electron chi connectivity index (χ1n) is 3.81. The number of hydrogen-bond donors (Lipinski definition) is 1. The minimum Gasteiger partial charge on any atom is -0.330 e. The van der Waals surface area contributed by atoms with E-state index in [9.17, 15) is 8.78 Å². The number of halogens is 2. The number of alkyl halides is 2. The van der Waals surface area contributed by atoms with Gasteiger partial charge in [0.2, 0.25) is 0 Å². The molecule has 3 heteroatoms. The summed E-state index contributed by atoms with van der Waals surface area (Å²) >= 11 is 0. The van der Waals surface area contributed by atoms with Gasteiger partial charge in [0.05, 0.1) is 0 Å². The zero-order valence-corrected chi connectivity index (χ0v) is 6.63. The molecule has 0 fully saturated rings. The van der Waals surface area contributed by atoms with E-state index < -0.39 is 6.43 Å². The minimum absolute atomic E-state index is 0.0703. The van der Waals surface area contributed by atoms with Gasteiger partial charge in [0, 0.05) is 5.56 Å². The van der Waals surface area contributed by atoms with Crippen molar-refractivity contribution in [2.24, 2.45) is 5.73 Å². The van der Waals surface area contributed by atoms with Crippen LogP contribution >= 0.6 is 0 Å². The van der Waals surface area contributed by atoms with E-state index in [1.807, 2.05) is 0 Å². The average Bonchev–Trinajstić information content (AvgIpc) is 2.05. The normalized spacial score (nSPS) is 10.7. The molecule has 0 bridgehead atoms. The van der Waals surface area contributed by atoms with E-state index in [1.54, 1.807) is 12.1 Å². The van der Waals surface area contributed by atoms with Crippen LogP contribution in [0.2, 0.25) is 0 Å². The molecule has 0 amide bonds. The molecule has 1 nitrogen and oxygen atoms in total. The van der Waals surface area contributed by atoms with Crippen LogP contribution in [-0.4, -0.2) is 6.54 Å². The highest BCUT2D eigenvalue weighted by Crippen LogP contribution is 2.19. The summed E-state index contributed by atoms with van der Waals surface area (Å²) in [5, 5.41) is 0. The Balaban J connectivity index is 2.81. The van der Waals surface area contributed by atoms with Gasteiger partial charge in [-0.25, -0.2) is 8.78 Å². The monoisotopic (exact) mass is 171 g/mol. The van der Waals surface area contributed by atoms with Crippen LogP contribution in [-0.2, 0) is 6.42 Å². The summed E-state index contributed by atoms with van der Waals surface area (Å²) in [6.07, 6.45) is -1.73. The summed E-state index contributed by atoms with van der Waals surface area (Å²) in [6.45, 7) is 0.493. The molecule has 0 heterocycles. The minimum atomic E-state index is -2.39. The van der Waals surface area contributed by atoms with Gasteiger partial charge in [-0.1, -0.05) is 24.3 Å². The topological polar surface area (TPSA) is 26.0 Å². The van der Waals surface area contributed by atoms with Crippen molar-refractivity contribution in [1.82, 2.24) is 0 Å². The fourth-order valence-corrected chi connectivity index (χ4v) is 1.05. The molecule has 0 aliphatic heterocycles. The molecule has 1 rings (SSSR count). The molecule has 1 aromatic rings. The van der Waals surface area contributed by atoms with Gasteiger partial charge in [-0.3, -0.25) is 0 Å². The van der Waals surface area contributed by atoms with Gasteiger partial charge >= 0.3 is 0 Å². The van der Waals surface area contributed by atoms with Gasteiger partial charge in [0.25, 0.3) is 6.43 Å². The lowest BCUT2D eigenvalue weighted by Gasteiger charge is -2.02. The second-order valence-electron chi connectivity index (χ2n) is 2.58. The molecule has 0 spiro atoms. The summed E-state index contributed by atoms with van der Waals surface area (Å²) in [7, 11) is 0. The Morgan fingerprint density at radius 3 is 2.67 bits per heavy atom. The van der Waals surface area contributed by atoms with Crippen LogP contribution in [0.5, 0.6) is 0 Å². The summed E-state index contributed by atoms with van der Waals surface area (Å²) in [5.74, 6) is 0. The summed E-state index contributed by atoms with van der Waals surface area (Å²) in [6, 6.07) is 6.35. The standard InChI is InChI=1S/C9H11F2N/c10-9(11)8-3-1-2-7(6-8)4-5-12/h1-3,6,9H,4-5,12H2. The van der Waals surface area contributed by atoms with Crippen molar-refractivity contribution in [3.05, 3.63) is 35.4 Å².